The summed E-state index contributed by atoms with van der Waals surface area (Å²) in [7, 11) is 2.17. The van der Waals surface area contributed by atoms with Crippen LogP contribution in [-0.2, 0) is 6.54 Å². The second-order valence-corrected chi connectivity index (χ2v) is 9.25. The first kappa shape index (κ1) is 21.3. The lowest BCUT2D eigenvalue weighted by molar-refractivity contribution is 0.0622. The molecule has 1 aromatic heterocycles. The number of imidazole rings is 1. The van der Waals surface area contributed by atoms with Gasteiger partial charge in [0, 0.05) is 44.5 Å². The monoisotopic (exact) mass is 439 g/mol. The van der Waals surface area contributed by atoms with Gasteiger partial charge < -0.3 is 23.8 Å². The van der Waals surface area contributed by atoms with Crippen LogP contribution in [0.5, 0.6) is 11.5 Å². The Kier molecular flexibility index (Phi) is 5.82. The Morgan fingerprint density at radius 2 is 1.75 bits per heavy atom. The lowest BCUT2D eigenvalue weighted by Gasteiger charge is -2.34. The first-order chi connectivity index (χ1) is 15.5. The quantitative estimate of drug-likeness (QED) is 0.729. The average Bonchev–Trinajstić information content (AvgIpc) is 3.38. The molecule has 3 aliphatic heterocycles. The summed E-state index contributed by atoms with van der Waals surface area (Å²) in [5.74, 6) is 2.67. The molecule has 1 amide bonds. The van der Waals surface area contributed by atoms with Gasteiger partial charge in [-0.3, -0.25) is 9.69 Å². The van der Waals surface area contributed by atoms with Crippen molar-refractivity contribution in [2.24, 2.45) is 0 Å². The highest BCUT2D eigenvalue weighted by Crippen LogP contribution is 2.33. The number of likely N-dealkylation sites (tertiary alicyclic amines) is 1. The molecule has 0 N–H and O–H groups in total. The van der Waals surface area contributed by atoms with Gasteiger partial charge >= 0.3 is 0 Å². The zero-order valence-corrected chi connectivity index (χ0v) is 19.3. The van der Waals surface area contributed by atoms with Gasteiger partial charge in [0.1, 0.15) is 11.5 Å². The van der Waals surface area contributed by atoms with Crippen molar-refractivity contribution in [2.75, 3.05) is 53.1 Å². The van der Waals surface area contributed by atoms with E-state index in [-0.39, 0.29) is 5.91 Å². The molecule has 3 aliphatic rings. The third kappa shape index (κ3) is 4.09. The van der Waals surface area contributed by atoms with Crippen molar-refractivity contribution >= 4 is 5.91 Å². The van der Waals surface area contributed by atoms with Crippen LogP contribution in [0, 0.1) is 13.8 Å². The molecule has 0 radical (unpaired) electrons. The van der Waals surface area contributed by atoms with Gasteiger partial charge in [0.25, 0.3) is 5.91 Å². The molecule has 2 aromatic rings. The number of piperazine rings is 1. The fourth-order valence-corrected chi connectivity index (χ4v) is 5.20. The van der Waals surface area contributed by atoms with E-state index in [0.29, 0.717) is 18.5 Å². The molecule has 0 aliphatic carbocycles. The highest BCUT2D eigenvalue weighted by Gasteiger charge is 2.29. The number of hydrogen-bond donors (Lipinski definition) is 0. The molecule has 32 heavy (non-hydrogen) atoms. The summed E-state index contributed by atoms with van der Waals surface area (Å²) in [6, 6.07) is 6.57. The van der Waals surface area contributed by atoms with Crippen molar-refractivity contribution < 1.29 is 14.3 Å². The Morgan fingerprint density at radius 1 is 1.03 bits per heavy atom. The predicted molar refractivity (Wildman–Crippen MR) is 121 cm³/mol. The van der Waals surface area contributed by atoms with Crippen molar-refractivity contribution in [3.8, 4) is 11.5 Å². The summed E-state index contributed by atoms with van der Waals surface area (Å²) in [5, 5.41) is 0. The molecule has 0 unspecified atom stereocenters. The summed E-state index contributed by atoms with van der Waals surface area (Å²) in [5.41, 5.74) is 2.85. The van der Waals surface area contributed by atoms with E-state index in [1.807, 2.05) is 17.9 Å². The van der Waals surface area contributed by atoms with Crippen LogP contribution in [-0.4, -0.2) is 83.3 Å². The van der Waals surface area contributed by atoms with Crippen molar-refractivity contribution in [2.45, 2.75) is 39.3 Å². The minimum Gasteiger partial charge on any atom is -0.454 e. The van der Waals surface area contributed by atoms with Crippen LogP contribution < -0.4 is 9.47 Å². The topological polar surface area (TPSA) is 63.1 Å². The largest absolute Gasteiger partial charge is 0.454 e. The second kappa shape index (κ2) is 8.75. The van der Waals surface area contributed by atoms with Gasteiger partial charge in [-0.05, 0) is 64.5 Å². The molecule has 0 saturated carbocycles. The van der Waals surface area contributed by atoms with E-state index in [1.54, 1.807) is 0 Å². The number of rotatable bonds is 4. The number of aromatic nitrogens is 2. The third-order valence-electron chi connectivity index (χ3n) is 7.08. The number of amides is 1. The summed E-state index contributed by atoms with van der Waals surface area (Å²) >= 11 is 0. The van der Waals surface area contributed by atoms with Crippen molar-refractivity contribution in [3.05, 3.63) is 41.0 Å². The van der Waals surface area contributed by atoms with Crippen LogP contribution in [0.2, 0.25) is 0 Å². The number of hydrogen-bond acceptors (Lipinski definition) is 6. The minimum absolute atomic E-state index is 0.0695. The Balaban J connectivity index is 1.21. The Morgan fingerprint density at radius 3 is 2.50 bits per heavy atom. The summed E-state index contributed by atoms with van der Waals surface area (Å²) < 4.78 is 13.2. The maximum Gasteiger partial charge on any atom is 0.274 e. The number of nitrogens with zero attached hydrogens (tertiary/aromatic N) is 5. The molecule has 8 nitrogen and oxygen atoms in total. The van der Waals surface area contributed by atoms with Gasteiger partial charge in [-0.1, -0.05) is 6.07 Å². The van der Waals surface area contributed by atoms with Gasteiger partial charge in [-0.25, -0.2) is 4.98 Å². The van der Waals surface area contributed by atoms with Crippen LogP contribution in [0.1, 0.15) is 46.5 Å². The number of piperidine rings is 1. The van der Waals surface area contributed by atoms with Crippen molar-refractivity contribution in [1.82, 2.24) is 24.3 Å². The standard InChI is InChI=1S/C24H33N5O3/c1-17-23(25-18(2)29(17)20-6-8-26(3)9-7-20)24(30)28-12-10-27(11-13-28)15-19-4-5-21-22(14-19)32-16-31-21/h4-5,14,20H,6-13,15-16H2,1-3H3. The fraction of sp³-hybridized carbons (Fsp3) is 0.583. The molecule has 0 atom stereocenters. The van der Waals surface area contributed by atoms with Crippen LogP contribution >= 0.6 is 0 Å². The predicted octanol–water partition coefficient (Wildman–Crippen LogP) is 2.45. The molecular weight excluding hydrogens is 406 g/mol. The molecule has 1 aromatic carbocycles. The zero-order chi connectivity index (χ0) is 22.2. The van der Waals surface area contributed by atoms with Gasteiger partial charge in [-0.15, -0.1) is 0 Å². The second-order valence-electron chi connectivity index (χ2n) is 9.25. The van der Waals surface area contributed by atoms with E-state index in [9.17, 15) is 4.79 Å². The summed E-state index contributed by atoms with van der Waals surface area (Å²) in [6.45, 7) is 10.6. The van der Waals surface area contributed by atoms with Crippen LogP contribution in [0.3, 0.4) is 0 Å². The third-order valence-corrected chi connectivity index (χ3v) is 7.08. The smallest absolute Gasteiger partial charge is 0.274 e. The molecule has 0 bridgehead atoms. The van der Waals surface area contributed by atoms with Crippen LogP contribution in [0.25, 0.3) is 0 Å². The molecule has 0 spiro atoms. The number of aryl methyl sites for hydroxylation is 1. The molecule has 4 heterocycles. The van der Waals surface area contributed by atoms with Gasteiger partial charge in [-0.2, -0.15) is 0 Å². The van der Waals surface area contributed by atoms with Crippen molar-refractivity contribution in [1.29, 1.82) is 0 Å². The molecule has 172 valence electrons. The number of fused-ring (bicyclic) bond motifs is 1. The lowest BCUT2D eigenvalue weighted by Crippen LogP contribution is -2.48. The highest BCUT2D eigenvalue weighted by atomic mass is 16.7. The van der Waals surface area contributed by atoms with E-state index < -0.39 is 0 Å². The number of carbonyl (C=O) groups excluding carboxylic acids is 1. The van der Waals surface area contributed by atoms with E-state index >= 15 is 0 Å². The SMILES string of the molecule is Cc1nc(C(=O)N2CCN(Cc3ccc4c(c3)OCO4)CC2)c(C)n1C1CCN(C)CC1. The van der Waals surface area contributed by atoms with Crippen molar-refractivity contribution in [3.63, 3.8) is 0 Å². The maximum absolute atomic E-state index is 13.3. The molecule has 5 rings (SSSR count). The Hall–Kier alpha value is -2.58. The van der Waals surface area contributed by atoms with E-state index in [4.69, 9.17) is 14.5 Å². The first-order valence-corrected chi connectivity index (χ1v) is 11.6. The fourth-order valence-electron chi connectivity index (χ4n) is 5.20. The molecular formula is C24H33N5O3. The van der Waals surface area contributed by atoms with Gasteiger partial charge in [0.05, 0.1) is 0 Å². The Labute approximate surface area is 189 Å². The number of carbonyl (C=O) groups is 1. The Bertz CT molecular complexity index is 988. The first-order valence-electron chi connectivity index (χ1n) is 11.6. The van der Waals surface area contributed by atoms with E-state index in [0.717, 1.165) is 81.7 Å². The maximum atomic E-state index is 13.3. The minimum atomic E-state index is 0.0695. The highest BCUT2D eigenvalue weighted by molar-refractivity contribution is 5.93. The van der Waals surface area contributed by atoms with Crippen LogP contribution in [0.15, 0.2) is 18.2 Å². The lowest BCUT2D eigenvalue weighted by atomic mass is 10.0. The normalized spacial score (nSPS) is 20.2. The molecule has 2 saturated heterocycles. The summed E-state index contributed by atoms with van der Waals surface area (Å²) in [6.07, 6.45) is 2.22. The van der Waals surface area contributed by atoms with Crippen LogP contribution in [0.4, 0.5) is 0 Å². The number of ether oxygens (including phenoxy) is 2. The number of benzene rings is 1. The average molecular weight is 440 g/mol. The molecule has 2 fully saturated rings. The van der Waals surface area contributed by atoms with Gasteiger partial charge in [0.2, 0.25) is 6.79 Å². The molecule has 8 heteroatoms. The van der Waals surface area contributed by atoms with Gasteiger partial charge in [0.15, 0.2) is 11.5 Å². The summed E-state index contributed by atoms with van der Waals surface area (Å²) in [4.78, 5) is 24.7. The van der Waals surface area contributed by atoms with E-state index in [1.165, 1.54) is 5.56 Å². The van der Waals surface area contributed by atoms with E-state index in [2.05, 4.69) is 40.5 Å². The zero-order valence-electron chi connectivity index (χ0n) is 19.3.